The Hall–Kier alpha value is -1.68. The van der Waals surface area contributed by atoms with Gasteiger partial charge < -0.3 is 4.74 Å². The average Bonchev–Trinajstić information content (AvgIpc) is 2.74. The van der Waals surface area contributed by atoms with Gasteiger partial charge in [-0.3, -0.25) is 4.79 Å². The van der Waals surface area contributed by atoms with Crippen molar-refractivity contribution in [2.75, 3.05) is 7.11 Å². The smallest absolute Gasteiger partial charge is 0.173 e. The molecule has 0 amide bonds. The van der Waals surface area contributed by atoms with E-state index in [1.54, 1.807) is 7.11 Å². The maximum Gasteiger partial charge on any atom is 0.173 e. The number of Topliss-reactive ketones (excluding diaryl/α,β-unsaturated/α-hetero) is 1. The SMILES string of the molecule is COc1ccc(C)cc1C(=O)Cc1nc(C)cs1. The number of carbonyl (C=O) groups is 1. The minimum atomic E-state index is 0.0462. The number of methoxy groups -OCH3 is 1. The average molecular weight is 261 g/mol. The molecule has 1 heterocycles. The summed E-state index contributed by atoms with van der Waals surface area (Å²) in [6, 6.07) is 5.63. The molecule has 0 aliphatic heterocycles. The second-order valence-electron chi connectivity index (χ2n) is 4.19. The van der Waals surface area contributed by atoms with E-state index in [4.69, 9.17) is 4.74 Å². The van der Waals surface area contributed by atoms with E-state index < -0.39 is 0 Å². The second-order valence-corrected chi connectivity index (χ2v) is 5.13. The van der Waals surface area contributed by atoms with Gasteiger partial charge in [-0.25, -0.2) is 4.98 Å². The van der Waals surface area contributed by atoms with Crippen molar-refractivity contribution in [3.63, 3.8) is 0 Å². The van der Waals surface area contributed by atoms with Crippen LogP contribution in [0.2, 0.25) is 0 Å². The molecule has 0 radical (unpaired) electrons. The standard InChI is InChI=1S/C14H15NO2S/c1-9-4-5-13(17-3)11(6-9)12(16)7-14-15-10(2)8-18-14/h4-6,8H,7H2,1-3H3. The molecule has 0 bridgehead atoms. The molecule has 0 atom stereocenters. The molecule has 0 spiro atoms. The Labute approximate surface area is 110 Å². The third-order valence-electron chi connectivity index (χ3n) is 2.63. The van der Waals surface area contributed by atoms with Gasteiger partial charge in [0, 0.05) is 11.1 Å². The molecule has 0 saturated heterocycles. The van der Waals surface area contributed by atoms with Gasteiger partial charge in [0.1, 0.15) is 10.8 Å². The first kappa shape index (κ1) is 12.8. The van der Waals surface area contributed by atoms with Gasteiger partial charge >= 0.3 is 0 Å². The van der Waals surface area contributed by atoms with Crippen molar-refractivity contribution >= 4 is 17.1 Å². The van der Waals surface area contributed by atoms with Crippen molar-refractivity contribution in [1.29, 1.82) is 0 Å². The Morgan fingerprint density at radius 1 is 1.39 bits per heavy atom. The van der Waals surface area contributed by atoms with Crippen LogP contribution in [0.3, 0.4) is 0 Å². The molecule has 1 aromatic heterocycles. The Balaban J connectivity index is 2.25. The van der Waals surface area contributed by atoms with Crippen LogP contribution in [0, 0.1) is 13.8 Å². The lowest BCUT2D eigenvalue weighted by molar-refractivity contribution is 0.0990. The highest BCUT2D eigenvalue weighted by atomic mass is 32.1. The van der Waals surface area contributed by atoms with Crippen molar-refractivity contribution in [2.24, 2.45) is 0 Å². The molecule has 4 heteroatoms. The van der Waals surface area contributed by atoms with Crippen molar-refractivity contribution in [3.8, 4) is 5.75 Å². The molecule has 2 aromatic rings. The molecular formula is C14H15NO2S. The number of rotatable bonds is 4. The number of benzene rings is 1. The lowest BCUT2D eigenvalue weighted by Gasteiger charge is -2.07. The summed E-state index contributed by atoms with van der Waals surface area (Å²) in [4.78, 5) is 16.6. The zero-order valence-electron chi connectivity index (χ0n) is 10.7. The summed E-state index contributed by atoms with van der Waals surface area (Å²) in [5.74, 6) is 0.670. The summed E-state index contributed by atoms with van der Waals surface area (Å²) >= 11 is 1.52. The summed E-state index contributed by atoms with van der Waals surface area (Å²) in [5.41, 5.74) is 2.64. The third kappa shape index (κ3) is 2.76. The number of thiazole rings is 1. The van der Waals surface area contributed by atoms with Gasteiger partial charge in [0.25, 0.3) is 0 Å². The van der Waals surface area contributed by atoms with Gasteiger partial charge in [0.05, 0.1) is 19.1 Å². The van der Waals surface area contributed by atoms with Gasteiger partial charge in [-0.1, -0.05) is 11.6 Å². The molecule has 1 aromatic carbocycles. The van der Waals surface area contributed by atoms with Crippen LogP contribution in [-0.2, 0) is 6.42 Å². The van der Waals surface area contributed by atoms with Crippen LogP contribution in [0.5, 0.6) is 5.75 Å². The second kappa shape index (κ2) is 5.31. The topological polar surface area (TPSA) is 39.2 Å². The van der Waals surface area contributed by atoms with Crippen LogP contribution < -0.4 is 4.74 Å². The van der Waals surface area contributed by atoms with Gasteiger partial charge in [-0.15, -0.1) is 11.3 Å². The van der Waals surface area contributed by atoms with E-state index in [-0.39, 0.29) is 5.78 Å². The number of aromatic nitrogens is 1. The van der Waals surface area contributed by atoms with Gasteiger partial charge in [-0.2, -0.15) is 0 Å². The Bertz CT molecular complexity index is 575. The molecule has 0 N–H and O–H groups in total. The van der Waals surface area contributed by atoms with E-state index in [0.29, 0.717) is 17.7 Å². The fraction of sp³-hybridized carbons (Fsp3) is 0.286. The lowest BCUT2D eigenvalue weighted by Crippen LogP contribution is -2.06. The number of aryl methyl sites for hydroxylation is 2. The van der Waals surface area contributed by atoms with E-state index in [1.165, 1.54) is 11.3 Å². The van der Waals surface area contributed by atoms with Crippen LogP contribution in [0.1, 0.15) is 26.6 Å². The normalized spacial score (nSPS) is 10.4. The number of hydrogen-bond donors (Lipinski definition) is 0. The molecule has 0 aliphatic carbocycles. The first-order chi connectivity index (χ1) is 8.60. The highest BCUT2D eigenvalue weighted by Gasteiger charge is 2.14. The Morgan fingerprint density at radius 2 is 2.17 bits per heavy atom. The Kier molecular flexibility index (Phi) is 3.77. The molecular weight excluding hydrogens is 246 g/mol. The number of hydrogen-bond acceptors (Lipinski definition) is 4. The summed E-state index contributed by atoms with van der Waals surface area (Å²) in [6.45, 7) is 3.89. The molecule has 0 saturated carbocycles. The van der Waals surface area contributed by atoms with Crippen LogP contribution in [0.25, 0.3) is 0 Å². The summed E-state index contributed by atoms with van der Waals surface area (Å²) in [5, 5.41) is 2.80. The molecule has 0 aliphatic rings. The van der Waals surface area contributed by atoms with Crippen molar-refractivity contribution < 1.29 is 9.53 Å². The quantitative estimate of drug-likeness (QED) is 0.793. The van der Waals surface area contributed by atoms with Crippen LogP contribution in [0.4, 0.5) is 0 Å². The van der Waals surface area contributed by atoms with Crippen molar-refractivity contribution in [2.45, 2.75) is 20.3 Å². The third-order valence-corrected chi connectivity index (χ3v) is 3.60. The van der Waals surface area contributed by atoms with E-state index in [1.807, 2.05) is 37.4 Å². The maximum atomic E-state index is 12.2. The first-order valence-corrected chi connectivity index (χ1v) is 6.57. The molecule has 18 heavy (non-hydrogen) atoms. The van der Waals surface area contributed by atoms with E-state index in [2.05, 4.69) is 4.98 Å². The zero-order valence-corrected chi connectivity index (χ0v) is 11.5. The summed E-state index contributed by atoms with van der Waals surface area (Å²) < 4.78 is 5.23. The molecule has 0 fully saturated rings. The van der Waals surface area contributed by atoms with Crippen LogP contribution in [0.15, 0.2) is 23.6 Å². The minimum Gasteiger partial charge on any atom is -0.496 e. The van der Waals surface area contributed by atoms with E-state index in [9.17, 15) is 4.79 Å². The number of ether oxygens (including phenoxy) is 1. The van der Waals surface area contributed by atoms with Crippen LogP contribution >= 0.6 is 11.3 Å². The molecule has 3 nitrogen and oxygen atoms in total. The van der Waals surface area contributed by atoms with Gasteiger partial charge in [-0.05, 0) is 26.0 Å². The first-order valence-electron chi connectivity index (χ1n) is 5.69. The predicted octanol–water partition coefficient (Wildman–Crippen LogP) is 3.19. The highest BCUT2D eigenvalue weighted by Crippen LogP contribution is 2.22. The van der Waals surface area contributed by atoms with Crippen molar-refractivity contribution in [1.82, 2.24) is 4.98 Å². The fourth-order valence-corrected chi connectivity index (χ4v) is 2.53. The molecule has 0 unspecified atom stereocenters. The lowest BCUT2D eigenvalue weighted by atomic mass is 10.0. The zero-order chi connectivity index (χ0) is 13.1. The number of carbonyl (C=O) groups excluding carboxylic acids is 1. The highest BCUT2D eigenvalue weighted by molar-refractivity contribution is 7.09. The predicted molar refractivity (Wildman–Crippen MR) is 72.6 cm³/mol. The Morgan fingerprint density at radius 3 is 2.78 bits per heavy atom. The maximum absolute atomic E-state index is 12.2. The monoisotopic (exact) mass is 261 g/mol. The van der Waals surface area contributed by atoms with Crippen molar-refractivity contribution in [3.05, 3.63) is 45.4 Å². The van der Waals surface area contributed by atoms with Crippen LogP contribution in [-0.4, -0.2) is 17.9 Å². The van der Waals surface area contributed by atoms with E-state index in [0.717, 1.165) is 16.3 Å². The van der Waals surface area contributed by atoms with Gasteiger partial charge in [0.15, 0.2) is 5.78 Å². The molecule has 94 valence electrons. The van der Waals surface area contributed by atoms with Gasteiger partial charge in [0.2, 0.25) is 0 Å². The number of nitrogens with zero attached hydrogens (tertiary/aromatic N) is 1. The molecule has 2 rings (SSSR count). The minimum absolute atomic E-state index is 0.0462. The number of ketones is 1. The summed E-state index contributed by atoms with van der Waals surface area (Å²) in [7, 11) is 1.58. The largest absolute Gasteiger partial charge is 0.496 e. The fourth-order valence-electron chi connectivity index (χ4n) is 1.76. The van der Waals surface area contributed by atoms with E-state index >= 15 is 0 Å². The summed E-state index contributed by atoms with van der Waals surface area (Å²) in [6.07, 6.45) is 0.332.